The number of nitrogens with zero attached hydrogens (tertiary/aromatic N) is 4. The summed E-state index contributed by atoms with van der Waals surface area (Å²) in [7, 11) is 0. The van der Waals surface area contributed by atoms with E-state index < -0.39 is 12.3 Å². The number of carbonyl (C=O) groups is 1. The minimum absolute atomic E-state index is 0.290. The number of carbonyl (C=O) groups excluding carboxylic acids is 1. The van der Waals surface area contributed by atoms with Gasteiger partial charge in [0.1, 0.15) is 5.15 Å². The first-order valence-corrected chi connectivity index (χ1v) is 8.18. The summed E-state index contributed by atoms with van der Waals surface area (Å²) in [4.78, 5) is 26.0. The number of aliphatic imine (C=N–C) groups is 1. The largest absolute Gasteiger partial charge is 0.316 e. The Balaban J connectivity index is 1.68. The normalized spacial score (nSPS) is 21.3. The topological polar surface area (TPSA) is 58.5 Å². The zero-order valence-corrected chi connectivity index (χ0v) is 13.7. The highest BCUT2D eigenvalue weighted by Crippen LogP contribution is 2.36. The molecule has 1 atom stereocenters. The fourth-order valence-corrected chi connectivity index (χ4v) is 3.55. The molecule has 0 unspecified atom stereocenters. The van der Waals surface area contributed by atoms with E-state index in [-0.39, 0.29) is 11.2 Å². The summed E-state index contributed by atoms with van der Waals surface area (Å²) >= 11 is 6.04. The summed E-state index contributed by atoms with van der Waals surface area (Å²) in [6, 6.07) is 5.01. The predicted molar refractivity (Wildman–Crippen MR) is 90.2 cm³/mol. The molecule has 1 saturated heterocycles. The summed E-state index contributed by atoms with van der Waals surface area (Å²) in [5.41, 5.74) is 2.08. The molecular formula is C17H13ClF2N4O. The monoisotopic (exact) mass is 362 g/mol. The lowest BCUT2D eigenvalue weighted by Crippen LogP contribution is -2.44. The molecule has 2 aromatic heterocycles. The molecule has 128 valence electrons. The Morgan fingerprint density at radius 2 is 2.28 bits per heavy atom. The molecule has 25 heavy (non-hydrogen) atoms. The van der Waals surface area contributed by atoms with E-state index in [1.807, 2.05) is 12.1 Å². The Kier molecular flexibility index (Phi) is 3.95. The van der Waals surface area contributed by atoms with Gasteiger partial charge in [0.15, 0.2) is 5.82 Å². The van der Waals surface area contributed by atoms with E-state index in [0.717, 1.165) is 11.1 Å². The summed E-state index contributed by atoms with van der Waals surface area (Å²) in [5, 5.41) is 1.06. The summed E-state index contributed by atoms with van der Waals surface area (Å²) in [5.74, 6) is -0.678. The SMILES string of the molecule is O=C(C(F)F)N1C2=CC[C@H]1CC(=Nc1nc(Cl)cc3ncccc13)C2. The first-order chi connectivity index (χ1) is 12.0. The fraction of sp³-hybridized carbons (Fsp3) is 0.294. The number of allylic oxidation sites excluding steroid dienone is 1. The molecule has 1 fully saturated rings. The van der Waals surface area contributed by atoms with Gasteiger partial charge in [0, 0.05) is 47.9 Å². The van der Waals surface area contributed by atoms with E-state index in [2.05, 4.69) is 15.0 Å². The van der Waals surface area contributed by atoms with Gasteiger partial charge in [0.05, 0.1) is 5.52 Å². The summed E-state index contributed by atoms with van der Waals surface area (Å²) in [6.07, 6.45) is 1.86. The van der Waals surface area contributed by atoms with Gasteiger partial charge in [0.25, 0.3) is 5.91 Å². The van der Waals surface area contributed by atoms with Crippen molar-refractivity contribution in [1.82, 2.24) is 14.9 Å². The highest BCUT2D eigenvalue weighted by Gasteiger charge is 2.39. The molecular weight excluding hydrogens is 350 g/mol. The molecule has 0 saturated carbocycles. The molecule has 1 amide bonds. The number of piperidine rings is 1. The van der Waals surface area contributed by atoms with Crippen LogP contribution in [0.1, 0.15) is 19.3 Å². The van der Waals surface area contributed by atoms with Crippen LogP contribution < -0.4 is 0 Å². The molecule has 0 aliphatic carbocycles. The second kappa shape index (κ2) is 6.15. The van der Waals surface area contributed by atoms with E-state index in [4.69, 9.17) is 11.6 Å². The predicted octanol–water partition coefficient (Wildman–Crippen LogP) is 3.90. The molecule has 2 aromatic rings. The van der Waals surface area contributed by atoms with Crippen molar-refractivity contribution >= 4 is 39.9 Å². The standard InChI is InChI=1S/C17H13ClF2N4O/c18-14-8-13-12(2-1-5-21-13)16(23-14)22-9-6-10-3-4-11(7-9)24(10)17(25)15(19)20/h1-3,5,8,11,15H,4,6-7H2/t11-/m0/s1. The van der Waals surface area contributed by atoms with Crippen LogP contribution in [0.2, 0.25) is 5.15 Å². The molecule has 4 rings (SSSR count). The minimum Gasteiger partial charge on any atom is -0.307 e. The van der Waals surface area contributed by atoms with Crippen molar-refractivity contribution in [3.8, 4) is 0 Å². The smallest absolute Gasteiger partial charge is 0.307 e. The molecule has 2 bridgehead atoms. The van der Waals surface area contributed by atoms with Crippen molar-refractivity contribution in [3.05, 3.63) is 41.3 Å². The number of halogens is 3. The summed E-state index contributed by atoms with van der Waals surface area (Å²) in [6.45, 7) is 0. The zero-order valence-electron chi connectivity index (χ0n) is 13.0. The van der Waals surface area contributed by atoms with E-state index in [1.54, 1.807) is 18.3 Å². The third kappa shape index (κ3) is 2.89. The highest BCUT2D eigenvalue weighted by atomic mass is 35.5. The van der Waals surface area contributed by atoms with Crippen molar-refractivity contribution in [2.75, 3.05) is 0 Å². The lowest BCUT2D eigenvalue weighted by atomic mass is 10.0. The van der Waals surface area contributed by atoms with Gasteiger partial charge in [-0.15, -0.1) is 0 Å². The van der Waals surface area contributed by atoms with Crippen molar-refractivity contribution in [2.45, 2.75) is 31.7 Å². The van der Waals surface area contributed by atoms with Crippen LogP contribution in [0.5, 0.6) is 0 Å². The molecule has 0 aromatic carbocycles. The molecule has 2 aliphatic heterocycles. The molecule has 0 radical (unpaired) electrons. The van der Waals surface area contributed by atoms with Crippen LogP contribution in [0.25, 0.3) is 10.9 Å². The Labute approximate surface area is 147 Å². The van der Waals surface area contributed by atoms with Crippen LogP contribution in [0.4, 0.5) is 14.6 Å². The Morgan fingerprint density at radius 1 is 1.44 bits per heavy atom. The van der Waals surface area contributed by atoms with Crippen LogP contribution in [0, 0.1) is 0 Å². The molecule has 5 nitrogen and oxygen atoms in total. The number of alkyl halides is 2. The zero-order chi connectivity index (χ0) is 17.6. The van der Waals surface area contributed by atoms with Crippen LogP contribution >= 0.6 is 11.6 Å². The first-order valence-electron chi connectivity index (χ1n) is 7.81. The third-order valence-corrected chi connectivity index (χ3v) is 4.59. The van der Waals surface area contributed by atoms with E-state index in [0.29, 0.717) is 36.3 Å². The van der Waals surface area contributed by atoms with Crippen molar-refractivity contribution in [3.63, 3.8) is 0 Å². The third-order valence-electron chi connectivity index (χ3n) is 4.39. The Bertz CT molecular complexity index is 928. The Morgan fingerprint density at radius 3 is 3.04 bits per heavy atom. The highest BCUT2D eigenvalue weighted by molar-refractivity contribution is 6.30. The van der Waals surface area contributed by atoms with Gasteiger partial charge < -0.3 is 4.90 Å². The van der Waals surface area contributed by atoms with Crippen LogP contribution in [0.15, 0.2) is 41.2 Å². The molecule has 0 N–H and O–H groups in total. The van der Waals surface area contributed by atoms with Gasteiger partial charge in [-0.25, -0.2) is 9.98 Å². The van der Waals surface area contributed by atoms with Gasteiger partial charge in [-0.2, -0.15) is 8.78 Å². The van der Waals surface area contributed by atoms with Crippen molar-refractivity contribution in [1.29, 1.82) is 0 Å². The van der Waals surface area contributed by atoms with E-state index in [9.17, 15) is 13.6 Å². The lowest BCUT2D eigenvalue weighted by Gasteiger charge is -2.32. The number of pyridine rings is 2. The molecule has 4 heterocycles. The number of fused-ring (bicyclic) bond motifs is 3. The van der Waals surface area contributed by atoms with Crippen molar-refractivity contribution < 1.29 is 13.6 Å². The van der Waals surface area contributed by atoms with Gasteiger partial charge in [0.2, 0.25) is 0 Å². The number of amides is 1. The Hall–Kier alpha value is -2.41. The lowest BCUT2D eigenvalue weighted by molar-refractivity contribution is -0.142. The summed E-state index contributed by atoms with van der Waals surface area (Å²) < 4.78 is 25.5. The number of hydrogen-bond donors (Lipinski definition) is 0. The maximum Gasteiger partial charge on any atom is 0.316 e. The van der Waals surface area contributed by atoms with Gasteiger partial charge in [-0.1, -0.05) is 17.7 Å². The molecule has 8 heteroatoms. The van der Waals surface area contributed by atoms with Crippen LogP contribution in [-0.2, 0) is 4.79 Å². The van der Waals surface area contributed by atoms with Gasteiger partial charge in [-0.05, 0) is 18.6 Å². The second-order valence-electron chi connectivity index (χ2n) is 5.99. The van der Waals surface area contributed by atoms with E-state index in [1.165, 1.54) is 4.90 Å². The quantitative estimate of drug-likeness (QED) is 0.761. The van der Waals surface area contributed by atoms with Gasteiger partial charge in [-0.3, -0.25) is 9.78 Å². The second-order valence-corrected chi connectivity index (χ2v) is 6.38. The minimum atomic E-state index is -2.99. The number of rotatable bonds is 2. The van der Waals surface area contributed by atoms with Crippen LogP contribution in [0.3, 0.4) is 0 Å². The first kappa shape index (κ1) is 16.1. The van der Waals surface area contributed by atoms with Gasteiger partial charge >= 0.3 is 6.43 Å². The maximum atomic E-state index is 12.8. The molecule has 0 spiro atoms. The fourth-order valence-electron chi connectivity index (χ4n) is 3.37. The van der Waals surface area contributed by atoms with E-state index >= 15 is 0 Å². The number of hydrogen-bond acceptors (Lipinski definition) is 4. The van der Waals surface area contributed by atoms with Crippen molar-refractivity contribution in [2.24, 2.45) is 4.99 Å². The van der Waals surface area contributed by atoms with Crippen LogP contribution in [-0.4, -0.2) is 39.0 Å². The average molecular weight is 363 g/mol. The maximum absolute atomic E-state index is 12.8. The molecule has 2 aliphatic rings. The average Bonchev–Trinajstić information content (AvgIpc) is 2.84. The number of aromatic nitrogens is 2.